The van der Waals surface area contributed by atoms with Gasteiger partial charge in [0, 0.05) is 17.8 Å². The first kappa shape index (κ1) is 12.4. The maximum absolute atomic E-state index is 10.6. The molecule has 2 rings (SSSR count). The van der Waals surface area contributed by atoms with E-state index in [1.165, 1.54) is 19.0 Å². The maximum Gasteiger partial charge on any atom is 0.358 e. The van der Waals surface area contributed by atoms with E-state index in [1.54, 1.807) is 4.68 Å². The van der Waals surface area contributed by atoms with Gasteiger partial charge in [0.15, 0.2) is 5.69 Å². The highest BCUT2D eigenvalue weighted by Crippen LogP contribution is 2.46. The van der Waals surface area contributed by atoms with Gasteiger partial charge in [0.2, 0.25) is 0 Å². The molecule has 0 radical (unpaired) electrons. The van der Waals surface area contributed by atoms with E-state index < -0.39 is 5.97 Å². The monoisotopic (exact) mass is 256 g/mol. The molecule has 1 fully saturated rings. The van der Waals surface area contributed by atoms with Gasteiger partial charge in [-0.15, -0.1) is 5.10 Å². The van der Waals surface area contributed by atoms with Crippen molar-refractivity contribution in [2.45, 2.75) is 24.1 Å². The number of nitrogens with one attached hydrogen (secondary N) is 1. The average Bonchev–Trinajstić information content (AvgIpc) is 2.94. The molecule has 1 aliphatic carbocycles. The van der Waals surface area contributed by atoms with Crippen LogP contribution in [0.3, 0.4) is 0 Å². The molecule has 2 N–H and O–H groups in total. The predicted molar refractivity (Wildman–Crippen MR) is 65.3 cm³/mol. The molecule has 0 unspecified atom stereocenters. The Labute approximate surface area is 104 Å². The van der Waals surface area contributed by atoms with Crippen molar-refractivity contribution in [2.24, 2.45) is 0 Å². The minimum absolute atomic E-state index is 0.00669. The maximum atomic E-state index is 10.6. The Kier molecular flexibility index (Phi) is 3.68. The lowest BCUT2D eigenvalue weighted by Gasteiger charge is -2.12. The molecule has 0 spiro atoms. The smallest absolute Gasteiger partial charge is 0.358 e. The number of carboxylic acid groups (broad SMARTS) is 1. The molecule has 1 heterocycles. The van der Waals surface area contributed by atoms with Crippen LogP contribution >= 0.6 is 11.8 Å². The van der Waals surface area contributed by atoms with E-state index >= 15 is 0 Å². The summed E-state index contributed by atoms with van der Waals surface area (Å²) in [4.78, 5) is 10.6. The Balaban J connectivity index is 1.69. The van der Waals surface area contributed by atoms with Crippen LogP contribution in [0.5, 0.6) is 0 Å². The van der Waals surface area contributed by atoms with Crippen molar-refractivity contribution in [1.29, 1.82) is 0 Å². The lowest BCUT2D eigenvalue weighted by atomic mass is 10.4. The van der Waals surface area contributed by atoms with Crippen LogP contribution in [0.2, 0.25) is 0 Å². The number of carboxylic acids is 1. The van der Waals surface area contributed by atoms with Gasteiger partial charge in [-0.1, -0.05) is 5.21 Å². The summed E-state index contributed by atoms with van der Waals surface area (Å²) >= 11 is 1.92. The molecule has 0 aliphatic heterocycles. The minimum Gasteiger partial charge on any atom is -0.476 e. The second-order valence-corrected chi connectivity index (χ2v) is 5.51. The second kappa shape index (κ2) is 5.05. The van der Waals surface area contributed by atoms with Crippen LogP contribution in [0.15, 0.2) is 6.20 Å². The molecule has 0 saturated heterocycles. The third-order valence-electron chi connectivity index (χ3n) is 2.96. The number of thioether (sulfide) groups is 1. The number of rotatable bonds is 7. The van der Waals surface area contributed by atoms with Crippen molar-refractivity contribution in [3.63, 3.8) is 0 Å². The van der Waals surface area contributed by atoms with Gasteiger partial charge in [-0.2, -0.15) is 11.8 Å². The fraction of sp³-hybridized carbons (Fsp3) is 0.700. The van der Waals surface area contributed by atoms with Crippen LogP contribution in [0.25, 0.3) is 0 Å². The van der Waals surface area contributed by atoms with Crippen molar-refractivity contribution < 1.29 is 9.90 Å². The molecule has 6 nitrogen and oxygen atoms in total. The van der Waals surface area contributed by atoms with Crippen LogP contribution in [0.1, 0.15) is 23.3 Å². The van der Waals surface area contributed by atoms with Crippen LogP contribution in [-0.2, 0) is 6.54 Å². The number of carbonyl (C=O) groups is 1. The third kappa shape index (κ3) is 3.19. The molecule has 0 aromatic carbocycles. The van der Waals surface area contributed by atoms with Gasteiger partial charge >= 0.3 is 5.97 Å². The number of nitrogens with zero attached hydrogens (tertiary/aromatic N) is 3. The highest BCUT2D eigenvalue weighted by molar-refractivity contribution is 8.00. The SMILES string of the molecule is CSC1(CNCCn2cc(C(=O)O)nn2)CC1. The lowest BCUT2D eigenvalue weighted by Crippen LogP contribution is -2.29. The molecule has 1 saturated carbocycles. The standard InChI is InChI=1S/C10H16N4O2S/c1-17-10(2-3-10)7-11-4-5-14-6-8(9(15)16)12-13-14/h6,11H,2-5,7H2,1H3,(H,15,16). The van der Waals surface area contributed by atoms with Gasteiger partial charge in [-0.3, -0.25) is 4.68 Å². The summed E-state index contributed by atoms with van der Waals surface area (Å²) in [6.07, 6.45) is 6.16. The van der Waals surface area contributed by atoms with Gasteiger partial charge in [0.05, 0.1) is 12.7 Å². The molecule has 0 amide bonds. The Morgan fingerprint density at radius 2 is 2.47 bits per heavy atom. The summed E-state index contributed by atoms with van der Waals surface area (Å²) in [5, 5.41) is 19.4. The summed E-state index contributed by atoms with van der Waals surface area (Å²) in [6.45, 7) is 2.43. The normalized spacial score (nSPS) is 17.0. The quantitative estimate of drug-likeness (QED) is 0.690. The first-order valence-electron chi connectivity index (χ1n) is 5.54. The molecule has 1 aliphatic rings. The number of hydrogen-bond donors (Lipinski definition) is 2. The molecule has 1 aromatic rings. The van der Waals surface area contributed by atoms with E-state index in [-0.39, 0.29) is 5.69 Å². The van der Waals surface area contributed by atoms with Gasteiger partial charge in [0.25, 0.3) is 0 Å². The molecular formula is C10H16N4O2S. The Bertz CT molecular complexity index is 403. The molecular weight excluding hydrogens is 240 g/mol. The third-order valence-corrected chi connectivity index (χ3v) is 4.38. The zero-order valence-electron chi connectivity index (χ0n) is 9.72. The number of aromatic nitrogens is 3. The largest absolute Gasteiger partial charge is 0.476 e. The molecule has 0 atom stereocenters. The zero-order valence-corrected chi connectivity index (χ0v) is 10.5. The molecule has 94 valence electrons. The van der Waals surface area contributed by atoms with E-state index in [1.807, 2.05) is 11.8 Å². The second-order valence-electron chi connectivity index (χ2n) is 4.24. The molecule has 17 heavy (non-hydrogen) atoms. The van der Waals surface area contributed by atoms with Gasteiger partial charge in [0.1, 0.15) is 0 Å². The lowest BCUT2D eigenvalue weighted by molar-refractivity contribution is 0.0690. The van der Waals surface area contributed by atoms with Crippen molar-refractivity contribution in [2.75, 3.05) is 19.3 Å². The Morgan fingerprint density at radius 3 is 3.00 bits per heavy atom. The zero-order chi connectivity index (χ0) is 12.3. The van der Waals surface area contributed by atoms with Crippen LogP contribution in [0.4, 0.5) is 0 Å². The average molecular weight is 256 g/mol. The molecule has 0 bridgehead atoms. The minimum atomic E-state index is -1.04. The fourth-order valence-electron chi connectivity index (χ4n) is 1.61. The summed E-state index contributed by atoms with van der Waals surface area (Å²) in [7, 11) is 0. The van der Waals surface area contributed by atoms with Gasteiger partial charge in [-0.25, -0.2) is 4.79 Å². The summed E-state index contributed by atoms with van der Waals surface area (Å²) in [5.41, 5.74) is -0.00669. The first-order valence-corrected chi connectivity index (χ1v) is 6.77. The van der Waals surface area contributed by atoms with Crippen molar-refractivity contribution in [3.8, 4) is 0 Å². The molecule has 7 heteroatoms. The van der Waals surface area contributed by atoms with Crippen LogP contribution in [-0.4, -0.2) is 50.2 Å². The highest BCUT2D eigenvalue weighted by Gasteiger charge is 2.41. The van der Waals surface area contributed by atoms with E-state index in [0.717, 1.165) is 13.1 Å². The Morgan fingerprint density at radius 1 is 1.71 bits per heavy atom. The van der Waals surface area contributed by atoms with Crippen LogP contribution in [0, 0.1) is 0 Å². The summed E-state index contributed by atoms with van der Waals surface area (Å²) < 4.78 is 2.00. The van der Waals surface area contributed by atoms with Gasteiger partial charge < -0.3 is 10.4 Å². The molecule has 1 aromatic heterocycles. The van der Waals surface area contributed by atoms with Crippen LogP contribution < -0.4 is 5.32 Å². The predicted octanol–water partition coefficient (Wildman–Crippen LogP) is 0.461. The summed E-state index contributed by atoms with van der Waals surface area (Å²) in [5.74, 6) is -1.04. The van der Waals surface area contributed by atoms with E-state index in [2.05, 4.69) is 21.9 Å². The topological polar surface area (TPSA) is 80.0 Å². The van der Waals surface area contributed by atoms with Gasteiger partial charge in [-0.05, 0) is 19.1 Å². The van der Waals surface area contributed by atoms with E-state index in [4.69, 9.17) is 5.11 Å². The fourth-order valence-corrected chi connectivity index (χ4v) is 2.36. The van der Waals surface area contributed by atoms with Crippen molar-refractivity contribution in [3.05, 3.63) is 11.9 Å². The van der Waals surface area contributed by atoms with Crippen molar-refractivity contribution >= 4 is 17.7 Å². The number of hydrogen-bond acceptors (Lipinski definition) is 5. The van der Waals surface area contributed by atoms with Crippen molar-refractivity contribution in [1.82, 2.24) is 20.3 Å². The Hall–Kier alpha value is -1.08. The highest BCUT2D eigenvalue weighted by atomic mass is 32.2. The van der Waals surface area contributed by atoms with E-state index in [0.29, 0.717) is 11.3 Å². The number of aromatic carboxylic acids is 1. The first-order chi connectivity index (χ1) is 8.15. The van der Waals surface area contributed by atoms with E-state index in [9.17, 15) is 4.79 Å². The summed E-state index contributed by atoms with van der Waals surface area (Å²) in [6, 6.07) is 0.